The van der Waals surface area contributed by atoms with Gasteiger partial charge in [-0.2, -0.15) is 9.29 Å². The van der Waals surface area contributed by atoms with Crippen LogP contribution in [0.4, 0.5) is 5.95 Å². The molecule has 1 aromatic heterocycles. The van der Waals surface area contributed by atoms with Crippen molar-refractivity contribution in [3.05, 3.63) is 30.5 Å². The van der Waals surface area contributed by atoms with Crippen LogP contribution in [0.25, 0.3) is 11.1 Å². The minimum absolute atomic E-state index is 0.0233. The summed E-state index contributed by atoms with van der Waals surface area (Å²) in [5, 5.41) is 3.51. The summed E-state index contributed by atoms with van der Waals surface area (Å²) in [6, 6.07) is 8.11. The molecule has 3 fully saturated rings. The second kappa shape index (κ2) is 10.9. The molecule has 5 rings (SSSR count). The first-order valence-electron chi connectivity index (χ1n) is 12.9. The number of sulfonamides is 1. The molecule has 1 saturated carbocycles. The first-order valence-corrected chi connectivity index (χ1v) is 14.8. The van der Waals surface area contributed by atoms with E-state index in [2.05, 4.69) is 17.2 Å². The van der Waals surface area contributed by atoms with Gasteiger partial charge in [-0.3, -0.25) is 0 Å². The predicted octanol–water partition coefficient (Wildman–Crippen LogP) is 3.71. The van der Waals surface area contributed by atoms with E-state index in [0.717, 1.165) is 36.3 Å². The Morgan fingerprint density at radius 3 is 2.47 bits per heavy atom. The van der Waals surface area contributed by atoms with E-state index in [1.807, 2.05) is 30.5 Å². The van der Waals surface area contributed by atoms with Crippen LogP contribution in [0.3, 0.4) is 0 Å². The molecule has 3 aliphatic rings. The zero-order valence-corrected chi connectivity index (χ0v) is 21.9. The summed E-state index contributed by atoms with van der Waals surface area (Å²) in [6.45, 7) is 4.44. The smallest absolute Gasteiger partial charge is 0.226 e. The van der Waals surface area contributed by atoms with E-state index in [1.165, 1.54) is 23.4 Å². The summed E-state index contributed by atoms with van der Waals surface area (Å²) in [5.41, 5.74) is 1.75. The van der Waals surface area contributed by atoms with Gasteiger partial charge in [-0.15, -0.1) is 0 Å². The first-order chi connectivity index (χ1) is 17.3. The average molecular weight is 517 g/mol. The van der Waals surface area contributed by atoms with Gasteiger partial charge in [-0.25, -0.2) is 13.4 Å². The summed E-state index contributed by atoms with van der Waals surface area (Å²) >= 11 is 0. The molecule has 0 amide bonds. The van der Waals surface area contributed by atoms with Crippen LogP contribution in [0.5, 0.6) is 11.6 Å². The van der Waals surface area contributed by atoms with Gasteiger partial charge in [0, 0.05) is 25.2 Å². The molecule has 0 bridgehead atoms. The first kappa shape index (κ1) is 25.2. The minimum atomic E-state index is -3.19. The Bertz CT molecular complexity index is 1130. The average Bonchev–Trinajstić information content (AvgIpc) is 3.54. The number of aromatic nitrogens is 2. The van der Waals surface area contributed by atoms with Crippen molar-refractivity contribution in [2.24, 2.45) is 5.92 Å². The van der Waals surface area contributed by atoms with Crippen LogP contribution < -0.4 is 14.8 Å². The molecule has 10 heteroatoms. The van der Waals surface area contributed by atoms with Gasteiger partial charge in [-0.05, 0) is 55.7 Å². The molecule has 9 nitrogen and oxygen atoms in total. The van der Waals surface area contributed by atoms with Crippen LogP contribution in [0.15, 0.2) is 30.5 Å². The lowest BCUT2D eigenvalue weighted by molar-refractivity contribution is 0.138. The molecule has 0 radical (unpaired) electrons. The Kier molecular flexibility index (Phi) is 7.64. The maximum Gasteiger partial charge on any atom is 0.226 e. The second-order valence-corrected chi connectivity index (χ2v) is 12.3. The highest BCUT2D eigenvalue weighted by Gasteiger charge is 2.30. The quantitative estimate of drug-likeness (QED) is 0.566. The number of hydrogen-bond acceptors (Lipinski definition) is 8. The third-order valence-corrected chi connectivity index (χ3v) is 8.58. The largest absolute Gasteiger partial charge is 0.489 e. The molecule has 1 N–H and O–H groups in total. The molecule has 2 aliphatic heterocycles. The lowest BCUT2D eigenvalue weighted by Crippen LogP contribution is -2.29. The fraction of sp³-hybridized carbons (Fsp3) is 0.615. The lowest BCUT2D eigenvalue weighted by atomic mass is 9.87. The van der Waals surface area contributed by atoms with Crippen LogP contribution in [0.1, 0.15) is 45.4 Å². The highest BCUT2D eigenvalue weighted by Crippen LogP contribution is 2.33. The molecule has 3 heterocycles. The van der Waals surface area contributed by atoms with Crippen LogP contribution in [0, 0.1) is 5.92 Å². The molecule has 1 aliphatic carbocycles. The van der Waals surface area contributed by atoms with E-state index in [9.17, 15) is 8.42 Å². The van der Waals surface area contributed by atoms with E-state index in [-0.39, 0.29) is 12.2 Å². The topological polar surface area (TPSA) is 103 Å². The molecule has 2 saturated heterocycles. The van der Waals surface area contributed by atoms with Crippen molar-refractivity contribution in [3.8, 4) is 22.8 Å². The van der Waals surface area contributed by atoms with Crippen molar-refractivity contribution >= 4 is 16.0 Å². The van der Waals surface area contributed by atoms with E-state index >= 15 is 0 Å². The van der Waals surface area contributed by atoms with Crippen LogP contribution >= 0.6 is 0 Å². The van der Waals surface area contributed by atoms with E-state index in [1.54, 1.807) is 0 Å². The summed E-state index contributed by atoms with van der Waals surface area (Å²) in [7, 11) is -3.19. The standard InChI is InChI=1S/C26H36N4O5S/c1-18-3-7-20(8-4-18)28-26-27-15-24(25(29-26)35-23-12-14-33-17-23)19-5-9-21(10-6-19)34-22-11-13-30(16-22)36(2,31)32/h5-6,9-10,15,18,20,22-23H,3-4,7-8,11-14,16-17H2,1-2H3,(H,27,28,29)/t18-,20-,22?,23-/m1/s1. The number of anilines is 1. The number of benzene rings is 1. The van der Waals surface area contributed by atoms with Gasteiger partial charge >= 0.3 is 0 Å². The number of rotatable bonds is 8. The molecule has 196 valence electrons. The van der Waals surface area contributed by atoms with Crippen molar-refractivity contribution in [2.75, 3.05) is 37.9 Å². The summed E-state index contributed by atoms with van der Waals surface area (Å²) < 4.78 is 42.8. The summed E-state index contributed by atoms with van der Waals surface area (Å²) in [5.74, 6) is 2.65. The normalized spacial score (nSPS) is 27.2. The van der Waals surface area contributed by atoms with Gasteiger partial charge in [-0.1, -0.05) is 19.1 Å². The van der Waals surface area contributed by atoms with Crippen LogP contribution in [-0.2, 0) is 14.8 Å². The number of hydrogen-bond donors (Lipinski definition) is 1. The SMILES string of the molecule is CS(=O)(=O)N1CCC(Oc2ccc(-c3cnc(N[C@H]4CC[C@H](C)CC4)nc3O[C@@H]3CCOC3)cc2)C1. The maximum absolute atomic E-state index is 11.8. The molecule has 0 spiro atoms. The Hall–Kier alpha value is -2.43. The molecule has 1 aromatic carbocycles. The van der Waals surface area contributed by atoms with Crippen LogP contribution in [-0.4, -0.2) is 73.5 Å². The van der Waals surface area contributed by atoms with E-state index in [4.69, 9.17) is 19.2 Å². The number of nitrogens with zero attached hydrogens (tertiary/aromatic N) is 3. The van der Waals surface area contributed by atoms with Gasteiger partial charge in [0.05, 0.1) is 31.6 Å². The number of nitrogens with one attached hydrogen (secondary N) is 1. The van der Waals surface area contributed by atoms with Gasteiger partial charge in [0.25, 0.3) is 0 Å². The maximum atomic E-state index is 11.8. The molecular formula is C26H36N4O5S. The predicted molar refractivity (Wildman–Crippen MR) is 138 cm³/mol. The molecular weight excluding hydrogens is 480 g/mol. The minimum Gasteiger partial charge on any atom is -0.489 e. The van der Waals surface area contributed by atoms with E-state index in [0.29, 0.717) is 56.3 Å². The third-order valence-electron chi connectivity index (χ3n) is 7.31. The van der Waals surface area contributed by atoms with Crippen molar-refractivity contribution in [2.45, 2.75) is 63.7 Å². The van der Waals surface area contributed by atoms with Crippen molar-refractivity contribution in [1.29, 1.82) is 0 Å². The van der Waals surface area contributed by atoms with Crippen molar-refractivity contribution in [3.63, 3.8) is 0 Å². The monoisotopic (exact) mass is 516 g/mol. The summed E-state index contributed by atoms with van der Waals surface area (Å²) in [6.07, 6.45) is 9.10. The van der Waals surface area contributed by atoms with Gasteiger partial charge in [0.2, 0.25) is 21.9 Å². The fourth-order valence-electron chi connectivity index (χ4n) is 5.07. The Morgan fingerprint density at radius 2 is 1.81 bits per heavy atom. The zero-order valence-electron chi connectivity index (χ0n) is 21.1. The van der Waals surface area contributed by atoms with Gasteiger partial charge < -0.3 is 19.5 Å². The van der Waals surface area contributed by atoms with Gasteiger partial charge in [0.1, 0.15) is 18.0 Å². The van der Waals surface area contributed by atoms with E-state index < -0.39 is 10.0 Å². The van der Waals surface area contributed by atoms with Gasteiger partial charge in [0.15, 0.2) is 0 Å². The zero-order chi connectivity index (χ0) is 25.1. The molecule has 1 unspecified atom stereocenters. The molecule has 2 atom stereocenters. The van der Waals surface area contributed by atoms with Crippen LogP contribution in [0.2, 0.25) is 0 Å². The van der Waals surface area contributed by atoms with Crippen molar-refractivity contribution in [1.82, 2.24) is 14.3 Å². The molecule has 2 aromatic rings. The highest BCUT2D eigenvalue weighted by atomic mass is 32.2. The number of ether oxygens (including phenoxy) is 3. The lowest BCUT2D eigenvalue weighted by Gasteiger charge is -2.27. The van der Waals surface area contributed by atoms with Crippen molar-refractivity contribution < 1.29 is 22.6 Å². The molecule has 36 heavy (non-hydrogen) atoms. The Labute approximate surface area is 213 Å². The summed E-state index contributed by atoms with van der Waals surface area (Å²) in [4.78, 5) is 9.38. The fourth-order valence-corrected chi connectivity index (χ4v) is 5.95. The second-order valence-electron chi connectivity index (χ2n) is 10.3. The third kappa shape index (κ3) is 6.27. The Balaban J connectivity index is 1.30. The highest BCUT2D eigenvalue weighted by molar-refractivity contribution is 7.88. The Morgan fingerprint density at radius 1 is 1.03 bits per heavy atom.